The van der Waals surface area contributed by atoms with E-state index in [2.05, 4.69) is 9.98 Å². The van der Waals surface area contributed by atoms with Gasteiger partial charge in [0.05, 0.1) is 5.69 Å². The van der Waals surface area contributed by atoms with Gasteiger partial charge in [0.2, 0.25) is 6.08 Å². The first-order valence-electron chi connectivity index (χ1n) is 5.14. The lowest BCUT2D eigenvalue weighted by Crippen LogP contribution is -1.74. The number of carbonyl (C=O) groups excluding carboxylic acids is 1. The van der Waals surface area contributed by atoms with Crippen LogP contribution in [0, 0.1) is 0 Å². The van der Waals surface area contributed by atoms with Crippen LogP contribution >= 0.6 is 0 Å². The zero-order chi connectivity index (χ0) is 11.9. The van der Waals surface area contributed by atoms with Crippen LogP contribution in [0.15, 0.2) is 53.8 Å². The minimum atomic E-state index is 0.608. The summed E-state index contributed by atoms with van der Waals surface area (Å²) in [5.74, 6) is 0. The highest BCUT2D eigenvalue weighted by Gasteiger charge is 1.91. The van der Waals surface area contributed by atoms with Crippen LogP contribution in [0.3, 0.4) is 0 Å². The number of nitrogens with zero attached hydrogens (tertiary/aromatic N) is 2. The number of benzene rings is 1. The van der Waals surface area contributed by atoms with Gasteiger partial charge < -0.3 is 0 Å². The van der Waals surface area contributed by atoms with Crippen LogP contribution in [0.5, 0.6) is 0 Å². The molecular formula is C14H10N2O. The van der Waals surface area contributed by atoms with Gasteiger partial charge in [-0.3, -0.25) is 4.98 Å². The predicted octanol–water partition coefficient (Wildman–Crippen LogP) is 3.22. The van der Waals surface area contributed by atoms with E-state index in [1.165, 1.54) is 6.08 Å². The third-order valence-corrected chi connectivity index (χ3v) is 2.22. The maximum Gasteiger partial charge on any atom is 0.240 e. The van der Waals surface area contributed by atoms with Gasteiger partial charge in [0.25, 0.3) is 0 Å². The van der Waals surface area contributed by atoms with Crippen molar-refractivity contribution in [2.24, 2.45) is 4.99 Å². The van der Waals surface area contributed by atoms with Crippen LogP contribution in [-0.4, -0.2) is 11.1 Å². The van der Waals surface area contributed by atoms with Gasteiger partial charge >= 0.3 is 0 Å². The molecule has 0 radical (unpaired) electrons. The van der Waals surface area contributed by atoms with E-state index >= 15 is 0 Å². The van der Waals surface area contributed by atoms with E-state index in [1.807, 2.05) is 42.5 Å². The summed E-state index contributed by atoms with van der Waals surface area (Å²) in [6.07, 6.45) is 8.95. The molecule has 3 heteroatoms. The average Bonchev–Trinajstić information content (AvgIpc) is 2.39. The molecule has 2 aromatic rings. The zero-order valence-corrected chi connectivity index (χ0v) is 9.08. The van der Waals surface area contributed by atoms with E-state index in [0.717, 1.165) is 11.1 Å². The molecule has 0 atom stereocenters. The van der Waals surface area contributed by atoms with E-state index in [1.54, 1.807) is 18.5 Å². The molecule has 1 heterocycles. The van der Waals surface area contributed by atoms with E-state index in [4.69, 9.17) is 0 Å². The molecular weight excluding hydrogens is 212 g/mol. The lowest BCUT2D eigenvalue weighted by Gasteiger charge is -1.95. The highest BCUT2D eigenvalue weighted by atomic mass is 16.1. The topological polar surface area (TPSA) is 42.3 Å². The van der Waals surface area contributed by atoms with Crippen LogP contribution in [-0.2, 0) is 4.79 Å². The molecule has 0 aliphatic heterocycles. The van der Waals surface area contributed by atoms with Gasteiger partial charge in [-0.15, -0.1) is 0 Å². The van der Waals surface area contributed by atoms with Crippen LogP contribution in [0.4, 0.5) is 5.69 Å². The molecule has 1 aromatic heterocycles. The summed E-state index contributed by atoms with van der Waals surface area (Å²) in [5.41, 5.74) is 2.67. The predicted molar refractivity (Wildman–Crippen MR) is 67.4 cm³/mol. The van der Waals surface area contributed by atoms with Crippen molar-refractivity contribution in [1.82, 2.24) is 4.98 Å². The fourth-order valence-electron chi connectivity index (χ4n) is 1.42. The second-order valence-corrected chi connectivity index (χ2v) is 3.41. The fourth-order valence-corrected chi connectivity index (χ4v) is 1.42. The van der Waals surface area contributed by atoms with Crippen LogP contribution in [0.1, 0.15) is 11.1 Å². The summed E-state index contributed by atoms with van der Waals surface area (Å²) in [5, 5.41) is 0. The van der Waals surface area contributed by atoms with Crippen molar-refractivity contribution in [2.75, 3.05) is 0 Å². The third kappa shape index (κ3) is 3.23. The Hall–Kier alpha value is -2.51. The normalized spacial score (nSPS) is 10.1. The SMILES string of the molecule is O=C=Nc1cccc(C=Cc2ccncc2)c1. The van der Waals surface area contributed by atoms with Crippen molar-refractivity contribution in [3.8, 4) is 0 Å². The maximum atomic E-state index is 10.1. The van der Waals surface area contributed by atoms with Crippen LogP contribution in [0.25, 0.3) is 12.2 Å². The van der Waals surface area contributed by atoms with Crippen molar-refractivity contribution >= 4 is 23.9 Å². The molecule has 3 nitrogen and oxygen atoms in total. The average molecular weight is 222 g/mol. The third-order valence-electron chi connectivity index (χ3n) is 2.22. The van der Waals surface area contributed by atoms with Gasteiger partial charge in [0.15, 0.2) is 0 Å². The molecule has 0 saturated heterocycles. The Labute approximate surface area is 99.2 Å². The second-order valence-electron chi connectivity index (χ2n) is 3.41. The first-order valence-corrected chi connectivity index (χ1v) is 5.14. The van der Waals surface area contributed by atoms with Crippen molar-refractivity contribution in [1.29, 1.82) is 0 Å². The largest absolute Gasteiger partial charge is 0.265 e. The Morgan fingerprint density at radius 2 is 1.82 bits per heavy atom. The molecule has 0 fully saturated rings. The van der Waals surface area contributed by atoms with Gasteiger partial charge in [-0.1, -0.05) is 24.3 Å². The van der Waals surface area contributed by atoms with Gasteiger partial charge in [-0.05, 0) is 35.4 Å². The van der Waals surface area contributed by atoms with E-state index in [0.29, 0.717) is 5.69 Å². The van der Waals surface area contributed by atoms with Gasteiger partial charge in [0.1, 0.15) is 0 Å². The van der Waals surface area contributed by atoms with Gasteiger partial charge in [-0.2, -0.15) is 4.99 Å². The molecule has 0 aliphatic carbocycles. The highest BCUT2D eigenvalue weighted by Crippen LogP contribution is 2.15. The number of rotatable bonds is 3. The minimum absolute atomic E-state index is 0.608. The van der Waals surface area contributed by atoms with Crippen LogP contribution < -0.4 is 0 Å². The van der Waals surface area contributed by atoms with Crippen molar-refractivity contribution in [2.45, 2.75) is 0 Å². The molecule has 17 heavy (non-hydrogen) atoms. The molecule has 0 N–H and O–H groups in total. The molecule has 0 unspecified atom stereocenters. The standard InChI is InChI=1S/C14H10N2O/c17-11-16-14-3-1-2-13(10-14)5-4-12-6-8-15-9-7-12/h1-10H. The lowest BCUT2D eigenvalue weighted by atomic mass is 10.1. The van der Waals surface area contributed by atoms with E-state index < -0.39 is 0 Å². The Bertz CT molecular complexity index is 570. The van der Waals surface area contributed by atoms with Gasteiger partial charge in [0, 0.05) is 12.4 Å². The Kier molecular flexibility index (Phi) is 3.58. The molecule has 0 bridgehead atoms. The highest BCUT2D eigenvalue weighted by molar-refractivity contribution is 5.71. The van der Waals surface area contributed by atoms with E-state index in [9.17, 15) is 4.79 Å². The molecule has 1 aromatic carbocycles. The molecule has 0 saturated carbocycles. The summed E-state index contributed by atoms with van der Waals surface area (Å²) < 4.78 is 0. The molecule has 82 valence electrons. The number of isocyanates is 1. The number of aliphatic imine (C=N–C) groups is 1. The summed E-state index contributed by atoms with van der Waals surface area (Å²) in [7, 11) is 0. The Morgan fingerprint density at radius 3 is 2.59 bits per heavy atom. The molecule has 2 rings (SSSR count). The maximum absolute atomic E-state index is 10.1. The van der Waals surface area contributed by atoms with E-state index in [-0.39, 0.29) is 0 Å². The summed E-state index contributed by atoms with van der Waals surface area (Å²) >= 11 is 0. The van der Waals surface area contributed by atoms with Crippen molar-refractivity contribution < 1.29 is 4.79 Å². The quantitative estimate of drug-likeness (QED) is 0.591. The minimum Gasteiger partial charge on any atom is -0.265 e. The molecule has 0 aliphatic rings. The summed E-state index contributed by atoms with van der Waals surface area (Å²) in [6, 6.07) is 11.2. The smallest absolute Gasteiger partial charge is 0.240 e. The number of pyridine rings is 1. The number of aromatic nitrogens is 1. The number of hydrogen-bond donors (Lipinski definition) is 0. The summed E-state index contributed by atoms with van der Waals surface area (Å²) in [6.45, 7) is 0. The monoisotopic (exact) mass is 222 g/mol. The van der Waals surface area contributed by atoms with Gasteiger partial charge in [-0.25, -0.2) is 4.79 Å². The Balaban J connectivity index is 2.21. The van der Waals surface area contributed by atoms with Crippen molar-refractivity contribution in [3.05, 3.63) is 59.9 Å². The van der Waals surface area contributed by atoms with Crippen molar-refractivity contribution in [3.63, 3.8) is 0 Å². The second kappa shape index (κ2) is 5.54. The fraction of sp³-hybridized carbons (Fsp3) is 0. The zero-order valence-electron chi connectivity index (χ0n) is 9.08. The number of hydrogen-bond acceptors (Lipinski definition) is 3. The molecule has 0 amide bonds. The Morgan fingerprint density at radius 1 is 1.06 bits per heavy atom. The van der Waals surface area contributed by atoms with Crippen LogP contribution in [0.2, 0.25) is 0 Å². The molecule has 0 spiro atoms. The first-order chi connectivity index (χ1) is 8.38. The first kappa shape index (κ1) is 11.0. The summed E-state index contributed by atoms with van der Waals surface area (Å²) in [4.78, 5) is 17.7. The lowest BCUT2D eigenvalue weighted by molar-refractivity contribution is 0.565.